The third-order valence-electron chi connectivity index (χ3n) is 14.5. The number of carbonyl (C=O) groups excluding carboxylic acids is 2. The van der Waals surface area contributed by atoms with Gasteiger partial charge in [0, 0.05) is 12.8 Å². The van der Waals surface area contributed by atoms with Gasteiger partial charge >= 0.3 is 11.9 Å². The molecule has 0 aliphatic carbocycles. The maximum Gasteiger partial charge on any atom is 0.306 e. The molecule has 0 spiro atoms. The van der Waals surface area contributed by atoms with Crippen molar-refractivity contribution in [3.05, 3.63) is 24.3 Å². The highest BCUT2D eigenvalue weighted by Gasteiger charge is 2.16. The second-order valence-corrected chi connectivity index (χ2v) is 21.5. The lowest BCUT2D eigenvalue weighted by Gasteiger charge is -2.15. The zero-order valence-corrected chi connectivity index (χ0v) is 46.9. The van der Waals surface area contributed by atoms with E-state index in [-0.39, 0.29) is 25.2 Å². The van der Waals surface area contributed by atoms with Crippen LogP contribution in [0.15, 0.2) is 24.3 Å². The quantitative estimate of drug-likeness (QED) is 0.0373. The van der Waals surface area contributed by atoms with Crippen molar-refractivity contribution in [2.24, 2.45) is 0 Å². The number of hydrogen-bond donors (Lipinski definition) is 1. The van der Waals surface area contributed by atoms with Crippen LogP contribution in [0.5, 0.6) is 0 Å². The molecule has 0 aromatic rings. The number of unbranched alkanes of at least 4 members (excludes halogenated alkanes) is 47. The lowest BCUT2D eigenvalue weighted by Crippen LogP contribution is -2.28. The van der Waals surface area contributed by atoms with Crippen LogP contribution in [0, 0.1) is 0 Å². The van der Waals surface area contributed by atoms with Crippen LogP contribution in [-0.4, -0.2) is 36.4 Å². The third kappa shape index (κ3) is 58.8. The fourth-order valence-corrected chi connectivity index (χ4v) is 9.77. The van der Waals surface area contributed by atoms with E-state index in [2.05, 4.69) is 38.2 Å². The maximum atomic E-state index is 12.3. The van der Waals surface area contributed by atoms with E-state index < -0.39 is 6.10 Å². The molecule has 0 aromatic carbocycles. The van der Waals surface area contributed by atoms with Crippen LogP contribution in [0.3, 0.4) is 0 Å². The molecule has 69 heavy (non-hydrogen) atoms. The number of esters is 2. The molecule has 408 valence electrons. The summed E-state index contributed by atoms with van der Waals surface area (Å²) in [5, 5.41) is 9.64. The van der Waals surface area contributed by atoms with Crippen LogP contribution in [-0.2, 0) is 19.1 Å². The summed E-state index contributed by atoms with van der Waals surface area (Å²) in [7, 11) is 0. The Labute approximate surface area is 432 Å². The Kier molecular flexibility index (Phi) is 59.3. The normalized spacial score (nSPS) is 12.2. The molecule has 0 bridgehead atoms. The highest BCUT2D eigenvalue weighted by atomic mass is 16.6. The minimum atomic E-state index is -0.765. The zero-order valence-electron chi connectivity index (χ0n) is 46.9. The Bertz CT molecular complexity index is 1050. The van der Waals surface area contributed by atoms with Crippen LogP contribution in [0.4, 0.5) is 0 Å². The van der Waals surface area contributed by atoms with Crippen molar-refractivity contribution in [3.8, 4) is 0 Å². The molecular weight excluding hydrogens is 849 g/mol. The average molecular weight is 972 g/mol. The largest absolute Gasteiger partial charge is 0.462 e. The van der Waals surface area contributed by atoms with E-state index in [1.807, 2.05) is 0 Å². The van der Waals surface area contributed by atoms with Gasteiger partial charge in [-0.3, -0.25) is 9.59 Å². The summed E-state index contributed by atoms with van der Waals surface area (Å²) >= 11 is 0. The van der Waals surface area contributed by atoms with E-state index >= 15 is 0 Å². The van der Waals surface area contributed by atoms with Crippen molar-refractivity contribution >= 4 is 11.9 Å². The molecule has 0 saturated heterocycles. The first kappa shape index (κ1) is 67.4. The SMILES string of the molecule is CCCCCCC/C=C\C/C=C\CCCCCCCCCCCCCCCCCCCCCCCCCCCCCCCC(=O)OC(CO)COC(=O)CCCCCCCCCCCCCCCC. The van der Waals surface area contributed by atoms with Gasteiger partial charge in [-0.15, -0.1) is 0 Å². The second kappa shape index (κ2) is 60.7. The first-order valence-corrected chi connectivity index (χ1v) is 31.4. The Morgan fingerprint density at radius 3 is 0.855 bits per heavy atom. The number of aliphatic hydroxyl groups is 1. The maximum absolute atomic E-state index is 12.3. The van der Waals surface area contributed by atoms with Gasteiger partial charge in [-0.2, -0.15) is 0 Å². The van der Waals surface area contributed by atoms with E-state index in [9.17, 15) is 14.7 Å². The molecule has 0 saturated carbocycles. The van der Waals surface area contributed by atoms with Gasteiger partial charge in [0.2, 0.25) is 0 Å². The Hall–Kier alpha value is -1.62. The van der Waals surface area contributed by atoms with Gasteiger partial charge in [0.25, 0.3) is 0 Å². The van der Waals surface area contributed by atoms with Crippen molar-refractivity contribution in [1.29, 1.82) is 0 Å². The van der Waals surface area contributed by atoms with E-state index in [0.717, 1.165) is 38.5 Å². The molecule has 0 heterocycles. The average Bonchev–Trinajstić information content (AvgIpc) is 3.35. The van der Waals surface area contributed by atoms with Gasteiger partial charge in [0.1, 0.15) is 6.61 Å². The van der Waals surface area contributed by atoms with Gasteiger partial charge in [-0.25, -0.2) is 0 Å². The summed E-state index contributed by atoms with van der Waals surface area (Å²) in [6.07, 6.45) is 77.8. The van der Waals surface area contributed by atoms with Gasteiger partial charge in [-0.1, -0.05) is 321 Å². The van der Waals surface area contributed by atoms with Crippen LogP contribution >= 0.6 is 0 Å². The van der Waals surface area contributed by atoms with Crippen molar-refractivity contribution < 1.29 is 24.2 Å². The van der Waals surface area contributed by atoms with Crippen LogP contribution in [0.25, 0.3) is 0 Å². The third-order valence-corrected chi connectivity index (χ3v) is 14.5. The van der Waals surface area contributed by atoms with E-state index in [4.69, 9.17) is 9.47 Å². The Morgan fingerprint density at radius 1 is 0.333 bits per heavy atom. The van der Waals surface area contributed by atoms with Gasteiger partial charge in [0.15, 0.2) is 6.10 Å². The molecule has 5 nitrogen and oxygen atoms in total. The van der Waals surface area contributed by atoms with Crippen molar-refractivity contribution in [2.75, 3.05) is 13.2 Å². The van der Waals surface area contributed by atoms with Crippen molar-refractivity contribution in [3.63, 3.8) is 0 Å². The summed E-state index contributed by atoms with van der Waals surface area (Å²) in [5.41, 5.74) is 0. The number of ether oxygens (including phenoxy) is 2. The molecule has 1 unspecified atom stereocenters. The fourth-order valence-electron chi connectivity index (χ4n) is 9.77. The second-order valence-electron chi connectivity index (χ2n) is 21.5. The van der Waals surface area contributed by atoms with Crippen LogP contribution in [0.2, 0.25) is 0 Å². The van der Waals surface area contributed by atoms with Gasteiger partial charge in [-0.05, 0) is 44.9 Å². The first-order chi connectivity index (χ1) is 34.1. The highest BCUT2D eigenvalue weighted by Crippen LogP contribution is 2.18. The molecule has 0 aromatic heterocycles. The van der Waals surface area contributed by atoms with E-state index in [1.54, 1.807) is 0 Å². The van der Waals surface area contributed by atoms with Crippen LogP contribution in [0.1, 0.15) is 354 Å². The number of aliphatic hydroxyl groups excluding tert-OH is 1. The number of allylic oxidation sites excluding steroid dienone is 4. The summed E-state index contributed by atoms with van der Waals surface area (Å²) in [5.74, 6) is -0.568. The number of carbonyl (C=O) groups is 2. The summed E-state index contributed by atoms with van der Waals surface area (Å²) in [6, 6.07) is 0. The lowest BCUT2D eigenvalue weighted by atomic mass is 10.0. The lowest BCUT2D eigenvalue weighted by molar-refractivity contribution is -0.161. The van der Waals surface area contributed by atoms with Crippen molar-refractivity contribution in [2.45, 2.75) is 360 Å². The van der Waals surface area contributed by atoms with Crippen molar-refractivity contribution in [1.82, 2.24) is 0 Å². The summed E-state index contributed by atoms with van der Waals surface area (Å²) in [6.45, 7) is 4.18. The fraction of sp³-hybridized carbons (Fsp3) is 0.906. The van der Waals surface area contributed by atoms with Gasteiger partial charge in [0.05, 0.1) is 6.61 Å². The molecule has 0 aliphatic heterocycles. The topological polar surface area (TPSA) is 72.8 Å². The smallest absolute Gasteiger partial charge is 0.306 e. The summed E-state index contributed by atoms with van der Waals surface area (Å²) < 4.78 is 10.7. The van der Waals surface area contributed by atoms with E-state index in [0.29, 0.717) is 12.8 Å². The summed E-state index contributed by atoms with van der Waals surface area (Å²) in [4.78, 5) is 24.5. The molecule has 0 fully saturated rings. The zero-order chi connectivity index (χ0) is 49.9. The Morgan fingerprint density at radius 2 is 0.580 bits per heavy atom. The molecule has 0 rings (SSSR count). The molecule has 1 N–H and O–H groups in total. The predicted octanol–water partition coefficient (Wildman–Crippen LogP) is 21.3. The molecule has 5 heteroatoms. The molecule has 1 atom stereocenters. The first-order valence-electron chi connectivity index (χ1n) is 31.4. The minimum absolute atomic E-state index is 0.0575. The number of rotatable bonds is 59. The predicted molar refractivity (Wildman–Crippen MR) is 302 cm³/mol. The minimum Gasteiger partial charge on any atom is -0.462 e. The molecule has 0 amide bonds. The molecule has 0 radical (unpaired) electrons. The number of hydrogen-bond acceptors (Lipinski definition) is 5. The molecule has 0 aliphatic rings. The monoisotopic (exact) mass is 971 g/mol. The van der Waals surface area contributed by atoms with Crippen LogP contribution < -0.4 is 0 Å². The highest BCUT2D eigenvalue weighted by molar-refractivity contribution is 5.70. The Balaban J connectivity index is 3.33. The molecular formula is C64H122O5. The standard InChI is InChI=1S/C64H122O5/c1-3-5-7-9-11-13-15-17-19-20-21-22-23-24-25-26-27-28-29-30-31-32-33-34-35-36-37-38-39-40-41-42-43-44-45-47-49-51-53-55-57-59-64(67)69-62(60-65)61-68-63(66)58-56-54-52-50-48-46-18-16-14-12-10-8-6-4-2/h15,17,20-21,62,65H,3-14,16,18-19,22-61H2,1-2H3/b17-15-,21-20-. The van der Waals surface area contributed by atoms with E-state index in [1.165, 1.54) is 289 Å². The van der Waals surface area contributed by atoms with Gasteiger partial charge < -0.3 is 14.6 Å².